The highest BCUT2D eigenvalue weighted by Gasteiger charge is 2.27. The monoisotopic (exact) mass is 228 g/mol. The van der Waals surface area contributed by atoms with Gasteiger partial charge in [0, 0.05) is 25.8 Å². The van der Waals surface area contributed by atoms with Crippen molar-refractivity contribution in [2.24, 2.45) is 11.7 Å². The average molecular weight is 228 g/mol. The van der Waals surface area contributed by atoms with E-state index in [4.69, 9.17) is 10.5 Å². The molecule has 1 aliphatic rings. The van der Waals surface area contributed by atoms with Crippen molar-refractivity contribution in [3.05, 3.63) is 0 Å². The number of nitrogens with zero attached hydrogens (tertiary/aromatic N) is 1. The van der Waals surface area contributed by atoms with E-state index >= 15 is 0 Å². The molecule has 1 atom stereocenters. The fourth-order valence-electron chi connectivity index (χ4n) is 2.76. The Morgan fingerprint density at radius 3 is 2.19 bits per heavy atom. The first kappa shape index (κ1) is 13.9. The fraction of sp³-hybridized carbons (Fsp3) is 1.00. The lowest BCUT2D eigenvalue weighted by molar-refractivity contribution is 0.0275. The molecule has 0 saturated carbocycles. The van der Waals surface area contributed by atoms with Crippen molar-refractivity contribution in [2.45, 2.75) is 45.6 Å². The first-order valence-electron chi connectivity index (χ1n) is 6.85. The Morgan fingerprint density at radius 2 is 1.75 bits per heavy atom. The van der Waals surface area contributed by atoms with Crippen LogP contribution < -0.4 is 5.73 Å². The lowest BCUT2D eigenvalue weighted by Crippen LogP contribution is -2.47. The zero-order chi connectivity index (χ0) is 11.8. The standard InChI is InChI=1S/C13H28N2O/c1-3-7-15(8-4-2)13(11-14)12-5-9-16-10-6-12/h12-13H,3-11,14H2,1-2H3. The van der Waals surface area contributed by atoms with Crippen LogP contribution in [0.25, 0.3) is 0 Å². The van der Waals surface area contributed by atoms with Crippen LogP contribution in [0.1, 0.15) is 39.5 Å². The van der Waals surface area contributed by atoms with Crippen LogP contribution in [0.4, 0.5) is 0 Å². The Kier molecular flexibility index (Phi) is 7.01. The molecular formula is C13H28N2O. The molecule has 1 saturated heterocycles. The third kappa shape index (κ3) is 4.04. The van der Waals surface area contributed by atoms with Crippen molar-refractivity contribution in [3.63, 3.8) is 0 Å². The van der Waals surface area contributed by atoms with E-state index < -0.39 is 0 Å². The highest BCUT2D eigenvalue weighted by Crippen LogP contribution is 2.22. The SMILES string of the molecule is CCCN(CCC)C(CN)C1CCOCC1. The van der Waals surface area contributed by atoms with Crippen LogP contribution in [0.3, 0.4) is 0 Å². The van der Waals surface area contributed by atoms with Gasteiger partial charge >= 0.3 is 0 Å². The van der Waals surface area contributed by atoms with Crippen LogP contribution >= 0.6 is 0 Å². The first-order valence-corrected chi connectivity index (χ1v) is 6.85. The second kappa shape index (κ2) is 8.04. The van der Waals surface area contributed by atoms with Gasteiger partial charge in [0.2, 0.25) is 0 Å². The molecule has 0 aromatic rings. The maximum Gasteiger partial charge on any atom is 0.0469 e. The summed E-state index contributed by atoms with van der Waals surface area (Å²) in [6, 6.07) is 0.573. The average Bonchev–Trinajstić information content (AvgIpc) is 2.32. The van der Waals surface area contributed by atoms with Crippen molar-refractivity contribution in [3.8, 4) is 0 Å². The Bertz CT molecular complexity index is 163. The van der Waals surface area contributed by atoms with Crippen molar-refractivity contribution in [1.82, 2.24) is 4.90 Å². The summed E-state index contributed by atoms with van der Waals surface area (Å²) in [4.78, 5) is 2.59. The largest absolute Gasteiger partial charge is 0.381 e. The Hall–Kier alpha value is -0.120. The molecule has 1 aliphatic heterocycles. The third-order valence-electron chi connectivity index (χ3n) is 3.54. The van der Waals surface area contributed by atoms with E-state index in [0.717, 1.165) is 25.7 Å². The molecule has 1 heterocycles. The Morgan fingerprint density at radius 1 is 1.19 bits per heavy atom. The predicted octanol–water partition coefficient (Wildman–Crippen LogP) is 1.86. The molecule has 0 aromatic carbocycles. The van der Waals surface area contributed by atoms with Gasteiger partial charge in [-0.2, -0.15) is 0 Å². The van der Waals surface area contributed by atoms with Gasteiger partial charge in [-0.25, -0.2) is 0 Å². The number of hydrogen-bond donors (Lipinski definition) is 1. The van der Waals surface area contributed by atoms with Crippen LogP contribution in [0.2, 0.25) is 0 Å². The van der Waals surface area contributed by atoms with Gasteiger partial charge in [0.25, 0.3) is 0 Å². The van der Waals surface area contributed by atoms with Crippen LogP contribution in [-0.2, 0) is 4.74 Å². The number of ether oxygens (including phenoxy) is 1. The molecule has 96 valence electrons. The molecule has 16 heavy (non-hydrogen) atoms. The molecule has 0 aliphatic carbocycles. The van der Waals surface area contributed by atoms with Gasteiger partial charge in [-0.1, -0.05) is 13.8 Å². The molecule has 2 N–H and O–H groups in total. The molecule has 1 rings (SSSR count). The fourth-order valence-corrected chi connectivity index (χ4v) is 2.76. The summed E-state index contributed by atoms with van der Waals surface area (Å²) in [7, 11) is 0. The summed E-state index contributed by atoms with van der Waals surface area (Å²) < 4.78 is 5.43. The molecular weight excluding hydrogens is 200 g/mol. The van der Waals surface area contributed by atoms with E-state index in [0.29, 0.717) is 6.04 Å². The lowest BCUT2D eigenvalue weighted by Gasteiger charge is -2.38. The van der Waals surface area contributed by atoms with Gasteiger partial charge in [-0.3, -0.25) is 4.90 Å². The summed E-state index contributed by atoms with van der Waals surface area (Å²) in [6.45, 7) is 9.52. The molecule has 0 spiro atoms. The summed E-state index contributed by atoms with van der Waals surface area (Å²) in [5.74, 6) is 0.747. The molecule has 0 aromatic heterocycles. The lowest BCUT2D eigenvalue weighted by atomic mass is 9.90. The Balaban J connectivity index is 2.52. The topological polar surface area (TPSA) is 38.5 Å². The normalized spacial score (nSPS) is 20.2. The van der Waals surface area contributed by atoms with Crippen molar-refractivity contribution in [1.29, 1.82) is 0 Å². The smallest absolute Gasteiger partial charge is 0.0469 e. The number of nitrogens with two attached hydrogens (primary N) is 1. The summed E-state index contributed by atoms with van der Waals surface area (Å²) in [5.41, 5.74) is 5.98. The first-order chi connectivity index (χ1) is 7.83. The summed E-state index contributed by atoms with van der Waals surface area (Å²) in [5, 5.41) is 0. The molecule has 1 fully saturated rings. The van der Waals surface area contributed by atoms with Gasteiger partial charge in [0.05, 0.1) is 0 Å². The minimum Gasteiger partial charge on any atom is -0.381 e. The molecule has 0 bridgehead atoms. The zero-order valence-corrected chi connectivity index (χ0v) is 11.0. The second-order valence-electron chi connectivity index (χ2n) is 4.79. The minimum absolute atomic E-state index is 0.573. The van der Waals surface area contributed by atoms with E-state index in [1.165, 1.54) is 38.8 Å². The van der Waals surface area contributed by atoms with Crippen LogP contribution in [0, 0.1) is 5.92 Å². The van der Waals surface area contributed by atoms with Crippen molar-refractivity contribution in [2.75, 3.05) is 32.8 Å². The molecule has 3 heteroatoms. The van der Waals surface area contributed by atoms with Gasteiger partial charge in [0.1, 0.15) is 0 Å². The van der Waals surface area contributed by atoms with E-state index in [-0.39, 0.29) is 0 Å². The van der Waals surface area contributed by atoms with E-state index in [1.54, 1.807) is 0 Å². The van der Waals surface area contributed by atoms with Crippen molar-refractivity contribution < 1.29 is 4.74 Å². The minimum atomic E-state index is 0.573. The van der Waals surface area contributed by atoms with E-state index in [9.17, 15) is 0 Å². The maximum absolute atomic E-state index is 5.98. The highest BCUT2D eigenvalue weighted by molar-refractivity contribution is 4.81. The van der Waals surface area contributed by atoms with Gasteiger partial charge in [-0.15, -0.1) is 0 Å². The van der Waals surface area contributed by atoms with Gasteiger partial charge in [-0.05, 0) is 44.7 Å². The number of hydrogen-bond acceptors (Lipinski definition) is 3. The molecule has 0 radical (unpaired) electrons. The summed E-state index contributed by atoms with van der Waals surface area (Å²) >= 11 is 0. The molecule has 1 unspecified atom stereocenters. The van der Waals surface area contributed by atoms with Crippen LogP contribution in [0.5, 0.6) is 0 Å². The van der Waals surface area contributed by atoms with Crippen LogP contribution in [-0.4, -0.2) is 43.8 Å². The summed E-state index contributed by atoms with van der Waals surface area (Å²) in [6.07, 6.45) is 4.82. The van der Waals surface area contributed by atoms with Gasteiger partial charge < -0.3 is 10.5 Å². The maximum atomic E-state index is 5.98. The van der Waals surface area contributed by atoms with E-state index in [1.807, 2.05) is 0 Å². The molecule has 3 nitrogen and oxygen atoms in total. The quantitative estimate of drug-likeness (QED) is 0.723. The second-order valence-corrected chi connectivity index (χ2v) is 4.79. The third-order valence-corrected chi connectivity index (χ3v) is 3.54. The highest BCUT2D eigenvalue weighted by atomic mass is 16.5. The Labute approximate surface area is 100 Å². The number of rotatable bonds is 7. The van der Waals surface area contributed by atoms with Crippen LogP contribution in [0.15, 0.2) is 0 Å². The zero-order valence-electron chi connectivity index (χ0n) is 11.0. The molecule has 0 amide bonds. The van der Waals surface area contributed by atoms with Crippen molar-refractivity contribution >= 4 is 0 Å². The van der Waals surface area contributed by atoms with E-state index in [2.05, 4.69) is 18.7 Å². The predicted molar refractivity (Wildman–Crippen MR) is 68.5 cm³/mol. The van der Waals surface area contributed by atoms with Gasteiger partial charge in [0.15, 0.2) is 0 Å².